The van der Waals surface area contributed by atoms with Crippen molar-refractivity contribution in [1.82, 2.24) is 4.98 Å². The summed E-state index contributed by atoms with van der Waals surface area (Å²) in [7, 11) is 0. The van der Waals surface area contributed by atoms with E-state index in [-0.39, 0.29) is 4.75 Å². The summed E-state index contributed by atoms with van der Waals surface area (Å²) >= 11 is 1.78. The smallest absolute Gasteiger partial charge is 0.0971 e. The number of hydrogen-bond acceptors (Lipinski definition) is 3. The molecule has 78 valence electrons. The molecule has 2 N–H and O–H groups in total. The summed E-state index contributed by atoms with van der Waals surface area (Å²) in [6.45, 7) is 9.14. The minimum Gasteiger partial charge on any atom is -0.326 e. The second-order valence-corrected chi connectivity index (χ2v) is 6.22. The summed E-state index contributed by atoms with van der Waals surface area (Å²) in [6, 6.07) is 4.11. The Hall–Kier alpha value is -0.540. The number of pyridine rings is 1. The molecular weight excluding hydrogens is 192 g/mol. The standard InChI is InChI=1S/C11H18N2S/c1-8-5-9(7-12)6-10(13-8)14-11(2,3)4/h5-6H,7,12H2,1-4H3. The zero-order valence-electron chi connectivity index (χ0n) is 9.29. The quantitative estimate of drug-likeness (QED) is 0.763. The molecular formula is C11H18N2S. The highest BCUT2D eigenvalue weighted by molar-refractivity contribution is 8.00. The van der Waals surface area contributed by atoms with Gasteiger partial charge in [0.2, 0.25) is 0 Å². The molecule has 1 heterocycles. The lowest BCUT2D eigenvalue weighted by Gasteiger charge is -2.17. The van der Waals surface area contributed by atoms with Crippen LogP contribution < -0.4 is 5.73 Å². The van der Waals surface area contributed by atoms with Crippen LogP contribution in [0.5, 0.6) is 0 Å². The average molecular weight is 210 g/mol. The molecule has 2 nitrogen and oxygen atoms in total. The third-order valence-corrected chi connectivity index (χ3v) is 2.67. The van der Waals surface area contributed by atoms with E-state index in [1.54, 1.807) is 11.8 Å². The molecule has 1 aromatic heterocycles. The number of thioether (sulfide) groups is 1. The number of nitrogens with zero attached hydrogens (tertiary/aromatic N) is 1. The van der Waals surface area contributed by atoms with Crippen LogP contribution in [-0.4, -0.2) is 9.73 Å². The lowest BCUT2D eigenvalue weighted by atomic mass is 10.2. The maximum absolute atomic E-state index is 5.61. The number of nitrogens with two attached hydrogens (primary N) is 1. The van der Waals surface area contributed by atoms with Crippen LogP contribution in [-0.2, 0) is 6.54 Å². The van der Waals surface area contributed by atoms with Gasteiger partial charge in [-0.2, -0.15) is 0 Å². The van der Waals surface area contributed by atoms with Gasteiger partial charge in [-0.15, -0.1) is 11.8 Å². The Morgan fingerprint density at radius 2 is 2.00 bits per heavy atom. The van der Waals surface area contributed by atoms with Crippen LogP contribution in [0.2, 0.25) is 0 Å². The third-order valence-electron chi connectivity index (χ3n) is 1.64. The van der Waals surface area contributed by atoms with Crippen LogP contribution in [0.4, 0.5) is 0 Å². The van der Waals surface area contributed by atoms with Gasteiger partial charge < -0.3 is 5.73 Å². The van der Waals surface area contributed by atoms with E-state index < -0.39 is 0 Å². The first-order valence-corrected chi connectivity index (χ1v) is 5.59. The Bertz CT molecular complexity index is 316. The molecule has 0 aromatic carbocycles. The van der Waals surface area contributed by atoms with Gasteiger partial charge in [0.1, 0.15) is 0 Å². The minimum atomic E-state index is 0.201. The highest BCUT2D eigenvalue weighted by Gasteiger charge is 2.13. The fraction of sp³-hybridized carbons (Fsp3) is 0.545. The highest BCUT2D eigenvalue weighted by atomic mass is 32.2. The molecule has 0 saturated heterocycles. The van der Waals surface area contributed by atoms with Crippen molar-refractivity contribution in [3.63, 3.8) is 0 Å². The van der Waals surface area contributed by atoms with Crippen LogP contribution >= 0.6 is 11.8 Å². The number of aryl methyl sites for hydroxylation is 1. The van der Waals surface area contributed by atoms with Crippen molar-refractivity contribution in [2.45, 2.75) is 44.0 Å². The van der Waals surface area contributed by atoms with Gasteiger partial charge in [-0.25, -0.2) is 4.98 Å². The fourth-order valence-corrected chi connectivity index (χ4v) is 2.22. The van der Waals surface area contributed by atoms with Crippen LogP contribution in [0.3, 0.4) is 0 Å². The van der Waals surface area contributed by atoms with Gasteiger partial charge in [-0.05, 0) is 24.6 Å². The molecule has 0 radical (unpaired) electrons. The molecule has 0 unspecified atom stereocenters. The van der Waals surface area contributed by atoms with E-state index in [1.165, 1.54) is 0 Å². The van der Waals surface area contributed by atoms with E-state index in [0.717, 1.165) is 16.3 Å². The van der Waals surface area contributed by atoms with Crippen molar-refractivity contribution in [2.24, 2.45) is 5.73 Å². The third kappa shape index (κ3) is 3.68. The predicted octanol–water partition coefficient (Wildman–Crippen LogP) is 2.74. The van der Waals surface area contributed by atoms with E-state index in [1.807, 2.05) is 13.0 Å². The molecule has 0 aliphatic rings. The molecule has 0 spiro atoms. The van der Waals surface area contributed by atoms with Gasteiger partial charge in [0.05, 0.1) is 5.03 Å². The second kappa shape index (κ2) is 4.32. The van der Waals surface area contributed by atoms with E-state index in [0.29, 0.717) is 6.54 Å². The fourth-order valence-electron chi connectivity index (χ4n) is 1.19. The van der Waals surface area contributed by atoms with Gasteiger partial charge in [0.15, 0.2) is 0 Å². The second-order valence-electron chi connectivity index (χ2n) is 4.37. The summed E-state index contributed by atoms with van der Waals surface area (Å²) in [5.41, 5.74) is 7.81. The van der Waals surface area contributed by atoms with Crippen LogP contribution in [0, 0.1) is 6.92 Å². The number of hydrogen-bond donors (Lipinski definition) is 1. The molecule has 0 amide bonds. The van der Waals surface area contributed by atoms with Crippen LogP contribution in [0.1, 0.15) is 32.0 Å². The molecule has 0 saturated carbocycles. The maximum atomic E-state index is 5.61. The summed E-state index contributed by atoms with van der Waals surface area (Å²) < 4.78 is 0.201. The first kappa shape index (κ1) is 11.5. The molecule has 0 bridgehead atoms. The van der Waals surface area contributed by atoms with E-state index in [2.05, 4.69) is 31.8 Å². The number of aromatic nitrogens is 1. The zero-order valence-corrected chi connectivity index (χ0v) is 10.1. The van der Waals surface area contributed by atoms with Crippen molar-refractivity contribution in [3.05, 3.63) is 23.4 Å². The molecule has 0 atom stereocenters. The van der Waals surface area contributed by atoms with Crippen molar-refractivity contribution in [1.29, 1.82) is 0 Å². The van der Waals surface area contributed by atoms with Gasteiger partial charge in [-0.1, -0.05) is 20.8 Å². The summed E-state index contributed by atoms with van der Waals surface area (Å²) in [5.74, 6) is 0. The van der Waals surface area contributed by atoms with Crippen molar-refractivity contribution >= 4 is 11.8 Å². The summed E-state index contributed by atoms with van der Waals surface area (Å²) in [6.07, 6.45) is 0. The molecule has 0 fully saturated rings. The maximum Gasteiger partial charge on any atom is 0.0971 e. The monoisotopic (exact) mass is 210 g/mol. The van der Waals surface area contributed by atoms with E-state index in [9.17, 15) is 0 Å². The minimum absolute atomic E-state index is 0.201. The lowest BCUT2D eigenvalue weighted by molar-refractivity contribution is 0.798. The van der Waals surface area contributed by atoms with Crippen molar-refractivity contribution in [3.8, 4) is 0 Å². The number of rotatable bonds is 2. The topological polar surface area (TPSA) is 38.9 Å². The van der Waals surface area contributed by atoms with Gasteiger partial charge >= 0.3 is 0 Å². The van der Waals surface area contributed by atoms with Crippen molar-refractivity contribution < 1.29 is 0 Å². The summed E-state index contributed by atoms with van der Waals surface area (Å²) in [4.78, 5) is 4.47. The first-order chi connectivity index (χ1) is 6.40. The zero-order chi connectivity index (χ0) is 10.8. The molecule has 1 aromatic rings. The first-order valence-electron chi connectivity index (χ1n) is 4.77. The molecule has 14 heavy (non-hydrogen) atoms. The Balaban J connectivity index is 2.92. The Morgan fingerprint density at radius 1 is 1.36 bits per heavy atom. The molecule has 0 aliphatic carbocycles. The van der Waals surface area contributed by atoms with Crippen LogP contribution in [0.15, 0.2) is 17.2 Å². The highest BCUT2D eigenvalue weighted by Crippen LogP contribution is 2.30. The predicted molar refractivity (Wildman–Crippen MR) is 62.5 cm³/mol. The van der Waals surface area contributed by atoms with E-state index >= 15 is 0 Å². The van der Waals surface area contributed by atoms with Gasteiger partial charge in [0, 0.05) is 17.0 Å². The summed E-state index contributed by atoms with van der Waals surface area (Å²) in [5, 5.41) is 1.07. The molecule has 1 rings (SSSR count). The largest absolute Gasteiger partial charge is 0.326 e. The average Bonchev–Trinajstić information content (AvgIpc) is 1.99. The lowest BCUT2D eigenvalue weighted by Crippen LogP contribution is -2.08. The molecule has 0 aliphatic heterocycles. The van der Waals surface area contributed by atoms with Gasteiger partial charge in [-0.3, -0.25) is 0 Å². The SMILES string of the molecule is Cc1cc(CN)cc(SC(C)(C)C)n1. The normalized spacial score (nSPS) is 11.8. The van der Waals surface area contributed by atoms with Crippen molar-refractivity contribution in [2.75, 3.05) is 0 Å². The Morgan fingerprint density at radius 3 is 2.50 bits per heavy atom. The Kier molecular flexibility index (Phi) is 3.56. The Labute approximate surface area is 90.3 Å². The van der Waals surface area contributed by atoms with E-state index in [4.69, 9.17) is 5.73 Å². The van der Waals surface area contributed by atoms with Gasteiger partial charge in [0.25, 0.3) is 0 Å². The molecule has 3 heteroatoms. The van der Waals surface area contributed by atoms with Crippen LogP contribution in [0.25, 0.3) is 0 Å².